The first-order valence-electron chi connectivity index (χ1n) is 9.73. The topological polar surface area (TPSA) is 54.1 Å². The predicted molar refractivity (Wildman–Crippen MR) is 112 cm³/mol. The van der Waals surface area contributed by atoms with Crippen LogP contribution >= 0.6 is 0 Å². The quantitative estimate of drug-likeness (QED) is 0.360. The Hall–Kier alpha value is -2.28. The fourth-order valence-corrected chi connectivity index (χ4v) is 3.29. The van der Waals surface area contributed by atoms with Crippen LogP contribution in [0.25, 0.3) is 0 Å². The van der Waals surface area contributed by atoms with Crippen molar-refractivity contribution < 1.29 is 9.13 Å². The monoisotopic (exact) mass is 384 g/mol. The van der Waals surface area contributed by atoms with Gasteiger partial charge in [0.1, 0.15) is 11.7 Å². The van der Waals surface area contributed by atoms with E-state index in [4.69, 9.17) is 15.6 Å². The predicted octanol–water partition coefficient (Wildman–Crippen LogP) is 3.10. The zero-order valence-electron chi connectivity index (χ0n) is 16.7. The summed E-state index contributed by atoms with van der Waals surface area (Å²) in [4.78, 5) is 7.09. The normalized spacial score (nSPS) is 15.6. The molecule has 6 heteroatoms. The Kier molecular flexibility index (Phi) is 7.14. The molecule has 2 N–H and O–H groups in total. The summed E-state index contributed by atoms with van der Waals surface area (Å²) >= 11 is 0. The molecule has 2 aromatic carbocycles. The van der Waals surface area contributed by atoms with Crippen molar-refractivity contribution in [1.29, 1.82) is 0 Å². The summed E-state index contributed by atoms with van der Waals surface area (Å²) in [5.74, 6) is 6.65. The molecule has 3 rings (SSSR count). The summed E-state index contributed by atoms with van der Waals surface area (Å²) in [5.41, 5.74) is 3.50. The lowest BCUT2D eigenvalue weighted by molar-refractivity contribution is 0.0394. The molecule has 1 fully saturated rings. The number of aliphatic imine (C=N–C) groups is 1. The SMILES string of the molecule is Cc1ccc(N(N)C(Cc2ccccc2C)=NCCN2CCOCC2)c(F)c1. The van der Waals surface area contributed by atoms with Gasteiger partial charge in [-0.15, -0.1) is 0 Å². The highest BCUT2D eigenvalue weighted by molar-refractivity contribution is 5.98. The molecule has 0 unspecified atom stereocenters. The maximum atomic E-state index is 14.5. The number of amidine groups is 1. The van der Waals surface area contributed by atoms with Crippen molar-refractivity contribution in [3.63, 3.8) is 0 Å². The number of ether oxygens (including phenoxy) is 1. The van der Waals surface area contributed by atoms with Crippen LogP contribution in [-0.4, -0.2) is 50.1 Å². The maximum absolute atomic E-state index is 14.5. The molecular weight excluding hydrogens is 355 g/mol. The molecule has 0 aliphatic carbocycles. The number of rotatable bonds is 6. The summed E-state index contributed by atoms with van der Waals surface area (Å²) in [5, 5.41) is 1.39. The number of halogens is 1. The molecule has 28 heavy (non-hydrogen) atoms. The van der Waals surface area contributed by atoms with Crippen molar-refractivity contribution in [2.45, 2.75) is 20.3 Å². The number of benzene rings is 2. The molecule has 0 radical (unpaired) electrons. The molecule has 0 bridgehead atoms. The highest BCUT2D eigenvalue weighted by Crippen LogP contribution is 2.20. The van der Waals surface area contributed by atoms with Crippen LogP contribution in [0.1, 0.15) is 16.7 Å². The number of nitrogens with two attached hydrogens (primary N) is 1. The molecule has 150 valence electrons. The molecule has 0 aromatic heterocycles. The van der Waals surface area contributed by atoms with Gasteiger partial charge < -0.3 is 4.74 Å². The van der Waals surface area contributed by atoms with E-state index in [1.165, 1.54) is 16.6 Å². The Morgan fingerprint density at radius 3 is 2.64 bits per heavy atom. The Bertz CT molecular complexity index is 818. The van der Waals surface area contributed by atoms with Crippen molar-refractivity contribution in [2.75, 3.05) is 44.4 Å². The third-order valence-corrected chi connectivity index (χ3v) is 5.06. The average molecular weight is 384 g/mol. The third-order valence-electron chi connectivity index (χ3n) is 5.06. The van der Waals surface area contributed by atoms with Crippen LogP contribution in [0.4, 0.5) is 10.1 Å². The standard InChI is InChI=1S/C22H29FN4O/c1-17-7-8-21(20(23)15-17)27(24)22(16-19-6-4-3-5-18(19)2)25-9-10-26-11-13-28-14-12-26/h3-8,15H,9-14,16,24H2,1-2H3. The van der Waals surface area contributed by atoms with Crippen LogP contribution in [-0.2, 0) is 11.2 Å². The largest absolute Gasteiger partial charge is 0.379 e. The molecule has 0 saturated carbocycles. The molecule has 0 atom stereocenters. The van der Waals surface area contributed by atoms with E-state index < -0.39 is 0 Å². The molecule has 1 heterocycles. The molecule has 0 spiro atoms. The summed E-state index contributed by atoms with van der Waals surface area (Å²) in [6.45, 7) is 8.73. The molecule has 1 aliphatic rings. The van der Waals surface area contributed by atoms with Crippen LogP contribution in [0, 0.1) is 19.7 Å². The summed E-state index contributed by atoms with van der Waals surface area (Å²) in [6, 6.07) is 13.2. The Labute approximate surface area is 166 Å². The van der Waals surface area contributed by atoms with Gasteiger partial charge in [-0.1, -0.05) is 30.3 Å². The van der Waals surface area contributed by atoms with Crippen LogP contribution in [0.3, 0.4) is 0 Å². The zero-order valence-corrected chi connectivity index (χ0v) is 16.7. The van der Waals surface area contributed by atoms with Gasteiger partial charge in [-0.2, -0.15) is 0 Å². The van der Waals surface area contributed by atoms with Gasteiger partial charge >= 0.3 is 0 Å². The maximum Gasteiger partial charge on any atom is 0.148 e. The van der Waals surface area contributed by atoms with Gasteiger partial charge in [0.25, 0.3) is 0 Å². The first-order valence-corrected chi connectivity index (χ1v) is 9.73. The number of hydrazine groups is 1. The van der Waals surface area contributed by atoms with E-state index in [1.807, 2.05) is 25.1 Å². The molecule has 1 aliphatic heterocycles. The van der Waals surface area contributed by atoms with Crippen LogP contribution in [0.15, 0.2) is 47.5 Å². The second-order valence-electron chi connectivity index (χ2n) is 7.18. The van der Waals surface area contributed by atoms with E-state index in [0.717, 1.165) is 44.0 Å². The minimum atomic E-state index is -0.340. The van der Waals surface area contributed by atoms with Crippen molar-refractivity contribution in [3.05, 3.63) is 65.0 Å². The number of hydrogen-bond donors (Lipinski definition) is 1. The van der Waals surface area contributed by atoms with Crippen LogP contribution in [0.5, 0.6) is 0 Å². The number of hydrogen-bond acceptors (Lipinski definition) is 4. The van der Waals surface area contributed by atoms with E-state index in [1.54, 1.807) is 6.07 Å². The first kappa shape index (κ1) is 20.5. The second kappa shape index (κ2) is 9.78. The smallest absolute Gasteiger partial charge is 0.148 e. The average Bonchev–Trinajstić information content (AvgIpc) is 2.69. The van der Waals surface area contributed by atoms with E-state index in [-0.39, 0.29) is 5.82 Å². The lowest BCUT2D eigenvalue weighted by Gasteiger charge is -2.26. The summed E-state index contributed by atoms with van der Waals surface area (Å²) in [7, 11) is 0. The fraction of sp³-hybridized carbons (Fsp3) is 0.409. The molecule has 5 nitrogen and oxygen atoms in total. The molecular formula is C22H29FN4O. The van der Waals surface area contributed by atoms with Crippen molar-refractivity contribution in [1.82, 2.24) is 4.90 Å². The summed E-state index contributed by atoms with van der Waals surface area (Å²) < 4.78 is 19.9. The Balaban J connectivity index is 1.80. The van der Waals surface area contributed by atoms with E-state index in [2.05, 4.69) is 24.0 Å². The highest BCUT2D eigenvalue weighted by Gasteiger charge is 2.16. The van der Waals surface area contributed by atoms with Crippen molar-refractivity contribution in [3.8, 4) is 0 Å². The molecule has 1 saturated heterocycles. The second-order valence-corrected chi connectivity index (χ2v) is 7.18. The van der Waals surface area contributed by atoms with Gasteiger partial charge in [0.15, 0.2) is 0 Å². The van der Waals surface area contributed by atoms with Gasteiger partial charge in [0, 0.05) is 26.1 Å². The Morgan fingerprint density at radius 1 is 1.18 bits per heavy atom. The first-order chi connectivity index (χ1) is 13.5. The highest BCUT2D eigenvalue weighted by atomic mass is 19.1. The zero-order chi connectivity index (χ0) is 19.9. The summed E-state index contributed by atoms with van der Waals surface area (Å²) in [6.07, 6.45) is 0.555. The number of nitrogens with zero attached hydrogens (tertiary/aromatic N) is 3. The third kappa shape index (κ3) is 5.38. The van der Waals surface area contributed by atoms with Crippen molar-refractivity contribution in [2.24, 2.45) is 10.8 Å². The fourth-order valence-electron chi connectivity index (χ4n) is 3.29. The van der Waals surface area contributed by atoms with Crippen molar-refractivity contribution >= 4 is 11.5 Å². The minimum absolute atomic E-state index is 0.337. The van der Waals surface area contributed by atoms with Crippen LogP contribution in [0.2, 0.25) is 0 Å². The van der Waals surface area contributed by atoms with E-state index in [0.29, 0.717) is 24.5 Å². The number of morpholine rings is 1. The van der Waals surface area contributed by atoms with Crippen LogP contribution < -0.4 is 10.9 Å². The molecule has 0 amide bonds. The van der Waals surface area contributed by atoms with E-state index in [9.17, 15) is 4.39 Å². The Morgan fingerprint density at radius 2 is 1.93 bits per heavy atom. The van der Waals surface area contributed by atoms with Gasteiger partial charge in [-0.3, -0.25) is 14.9 Å². The lowest BCUT2D eigenvalue weighted by atomic mass is 10.0. The van der Waals surface area contributed by atoms with Gasteiger partial charge in [0.05, 0.1) is 25.4 Å². The van der Waals surface area contributed by atoms with Gasteiger partial charge in [0.2, 0.25) is 0 Å². The van der Waals surface area contributed by atoms with Gasteiger partial charge in [-0.25, -0.2) is 10.2 Å². The lowest BCUT2D eigenvalue weighted by Crippen LogP contribution is -2.41. The van der Waals surface area contributed by atoms with Gasteiger partial charge in [-0.05, 0) is 42.7 Å². The number of anilines is 1. The minimum Gasteiger partial charge on any atom is -0.379 e. The molecule has 2 aromatic rings. The number of aryl methyl sites for hydroxylation is 2. The van der Waals surface area contributed by atoms with E-state index >= 15 is 0 Å².